The van der Waals surface area contributed by atoms with Crippen molar-refractivity contribution < 1.29 is 29.4 Å². The van der Waals surface area contributed by atoms with Crippen molar-refractivity contribution in [2.75, 3.05) is 6.54 Å². The minimum absolute atomic E-state index is 0.0751. The fraction of sp³-hybridized carbons (Fsp3) is 0.650. The Balaban J connectivity index is 2.19. The SMILES string of the molecule is CC(C)C(NC(=O)C1CCCN1C(=O)C(Cc1cnc[nH]1)NC(=O)C(N)C(C)O)C(=O)O. The van der Waals surface area contributed by atoms with Crippen molar-refractivity contribution in [1.82, 2.24) is 25.5 Å². The Bertz CT molecular complexity index is 812. The molecule has 1 fully saturated rings. The van der Waals surface area contributed by atoms with Crippen LogP contribution in [-0.2, 0) is 25.6 Å². The van der Waals surface area contributed by atoms with Gasteiger partial charge in [-0.15, -0.1) is 0 Å². The van der Waals surface area contributed by atoms with Gasteiger partial charge in [0.05, 0.1) is 12.4 Å². The molecule has 7 N–H and O–H groups in total. The number of carboxylic acid groups (broad SMARTS) is 1. The zero-order valence-electron chi connectivity index (χ0n) is 18.4. The molecular weight excluding hydrogens is 420 g/mol. The summed E-state index contributed by atoms with van der Waals surface area (Å²) in [6.45, 7) is 5.01. The molecule has 1 aromatic heterocycles. The van der Waals surface area contributed by atoms with Crippen molar-refractivity contribution >= 4 is 23.7 Å². The van der Waals surface area contributed by atoms with E-state index in [-0.39, 0.29) is 18.9 Å². The largest absolute Gasteiger partial charge is 0.480 e. The number of carboxylic acids is 1. The maximum absolute atomic E-state index is 13.3. The molecule has 1 aromatic rings. The van der Waals surface area contributed by atoms with Crippen LogP contribution in [0.4, 0.5) is 0 Å². The summed E-state index contributed by atoms with van der Waals surface area (Å²) in [5.41, 5.74) is 6.28. The van der Waals surface area contributed by atoms with E-state index in [0.717, 1.165) is 0 Å². The molecule has 178 valence electrons. The third-order valence-corrected chi connectivity index (χ3v) is 5.48. The number of aliphatic carboxylic acids is 1. The standard InChI is InChI=1S/C20H32N6O6/c1-10(2)16(20(31)32)25-17(28)14-5-4-6-26(14)19(30)13(7-12-8-22-9-23-12)24-18(29)15(21)11(3)27/h8-11,13-16,27H,4-7,21H2,1-3H3,(H,22,23)(H,24,29)(H,25,28)(H,31,32). The lowest BCUT2D eigenvalue weighted by atomic mass is 10.0. The van der Waals surface area contributed by atoms with Gasteiger partial charge in [-0.05, 0) is 25.7 Å². The van der Waals surface area contributed by atoms with Crippen LogP contribution in [0.2, 0.25) is 0 Å². The van der Waals surface area contributed by atoms with Gasteiger partial charge in [-0.2, -0.15) is 0 Å². The van der Waals surface area contributed by atoms with E-state index in [1.807, 2.05) is 0 Å². The average molecular weight is 453 g/mol. The van der Waals surface area contributed by atoms with Crippen molar-refractivity contribution in [3.05, 3.63) is 18.2 Å². The van der Waals surface area contributed by atoms with E-state index in [4.69, 9.17) is 5.73 Å². The third kappa shape index (κ3) is 6.26. The second-order valence-electron chi connectivity index (χ2n) is 8.37. The normalized spacial score (nSPS) is 19.8. The summed E-state index contributed by atoms with van der Waals surface area (Å²) in [7, 11) is 0. The topological polar surface area (TPSA) is 191 Å². The first kappa shape index (κ1) is 25.3. The van der Waals surface area contributed by atoms with Crippen LogP contribution in [0, 0.1) is 5.92 Å². The number of H-pyrrole nitrogens is 1. The molecule has 2 rings (SSSR count). The molecule has 0 saturated carbocycles. The number of carbonyl (C=O) groups excluding carboxylic acids is 3. The number of imidazole rings is 1. The van der Waals surface area contributed by atoms with Crippen LogP contribution in [0.15, 0.2) is 12.5 Å². The Hall–Kier alpha value is -2.99. The molecule has 0 bridgehead atoms. The molecule has 32 heavy (non-hydrogen) atoms. The smallest absolute Gasteiger partial charge is 0.326 e. The number of aromatic amines is 1. The Morgan fingerprint density at radius 3 is 2.50 bits per heavy atom. The number of hydrogen-bond acceptors (Lipinski definition) is 7. The van der Waals surface area contributed by atoms with E-state index < -0.39 is 54.0 Å². The highest BCUT2D eigenvalue weighted by atomic mass is 16.4. The molecule has 0 radical (unpaired) electrons. The van der Waals surface area contributed by atoms with E-state index in [9.17, 15) is 29.4 Å². The fourth-order valence-corrected chi connectivity index (χ4v) is 3.57. The molecule has 1 aliphatic heterocycles. The van der Waals surface area contributed by atoms with E-state index in [1.54, 1.807) is 13.8 Å². The fourth-order valence-electron chi connectivity index (χ4n) is 3.57. The van der Waals surface area contributed by atoms with Crippen molar-refractivity contribution in [3.8, 4) is 0 Å². The Labute approximate surface area is 185 Å². The molecule has 0 spiro atoms. The van der Waals surface area contributed by atoms with Crippen molar-refractivity contribution in [1.29, 1.82) is 0 Å². The molecular formula is C20H32N6O6. The Morgan fingerprint density at radius 2 is 1.97 bits per heavy atom. The molecule has 3 amide bonds. The highest BCUT2D eigenvalue weighted by Gasteiger charge is 2.39. The summed E-state index contributed by atoms with van der Waals surface area (Å²) < 4.78 is 0. The highest BCUT2D eigenvalue weighted by molar-refractivity contribution is 5.94. The van der Waals surface area contributed by atoms with Gasteiger partial charge in [0.1, 0.15) is 24.2 Å². The lowest BCUT2D eigenvalue weighted by Gasteiger charge is -2.30. The van der Waals surface area contributed by atoms with Crippen LogP contribution in [-0.4, -0.2) is 85.6 Å². The van der Waals surface area contributed by atoms with E-state index in [2.05, 4.69) is 20.6 Å². The number of aliphatic hydroxyl groups is 1. The van der Waals surface area contributed by atoms with Gasteiger partial charge < -0.3 is 36.5 Å². The van der Waals surface area contributed by atoms with Gasteiger partial charge in [0, 0.05) is 24.9 Å². The molecule has 2 heterocycles. The Morgan fingerprint density at radius 1 is 1.28 bits per heavy atom. The first-order valence-corrected chi connectivity index (χ1v) is 10.6. The predicted octanol–water partition coefficient (Wildman–Crippen LogP) is -1.64. The van der Waals surface area contributed by atoms with E-state index >= 15 is 0 Å². The summed E-state index contributed by atoms with van der Waals surface area (Å²) in [4.78, 5) is 58.1. The van der Waals surface area contributed by atoms with Crippen LogP contribution >= 0.6 is 0 Å². The zero-order chi connectivity index (χ0) is 24.0. The number of nitrogens with one attached hydrogen (secondary N) is 3. The van der Waals surface area contributed by atoms with Gasteiger partial charge in [0.15, 0.2) is 0 Å². The first-order chi connectivity index (χ1) is 15.0. The van der Waals surface area contributed by atoms with E-state index in [1.165, 1.54) is 24.3 Å². The first-order valence-electron chi connectivity index (χ1n) is 10.6. The van der Waals surface area contributed by atoms with Gasteiger partial charge in [0.25, 0.3) is 0 Å². The maximum atomic E-state index is 13.3. The quantitative estimate of drug-likeness (QED) is 0.243. The predicted molar refractivity (Wildman–Crippen MR) is 113 cm³/mol. The van der Waals surface area contributed by atoms with Gasteiger partial charge >= 0.3 is 5.97 Å². The lowest BCUT2D eigenvalue weighted by Crippen LogP contribution is -2.58. The summed E-state index contributed by atoms with van der Waals surface area (Å²) in [5, 5.41) is 24.0. The third-order valence-electron chi connectivity index (χ3n) is 5.48. The Kier molecular flexibility index (Phi) is 8.72. The summed E-state index contributed by atoms with van der Waals surface area (Å²) in [6.07, 6.45) is 2.83. The molecule has 1 saturated heterocycles. The van der Waals surface area contributed by atoms with Crippen LogP contribution in [0.5, 0.6) is 0 Å². The number of rotatable bonds is 10. The molecule has 12 heteroatoms. The summed E-state index contributed by atoms with van der Waals surface area (Å²) >= 11 is 0. The number of hydrogen-bond donors (Lipinski definition) is 6. The van der Waals surface area contributed by atoms with Gasteiger partial charge in [-0.25, -0.2) is 9.78 Å². The minimum Gasteiger partial charge on any atom is -0.480 e. The number of aliphatic hydroxyl groups excluding tert-OH is 1. The average Bonchev–Trinajstić information content (AvgIpc) is 3.41. The monoisotopic (exact) mass is 452 g/mol. The van der Waals surface area contributed by atoms with Crippen LogP contribution in [0.1, 0.15) is 39.3 Å². The number of nitrogens with two attached hydrogens (primary N) is 1. The van der Waals surface area contributed by atoms with Crippen LogP contribution in [0.25, 0.3) is 0 Å². The number of amides is 3. The molecule has 5 atom stereocenters. The highest BCUT2D eigenvalue weighted by Crippen LogP contribution is 2.20. The second kappa shape index (κ2) is 11.0. The van der Waals surface area contributed by atoms with Crippen molar-refractivity contribution in [3.63, 3.8) is 0 Å². The summed E-state index contributed by atoms with van der Waals surface area (Å²) in [5.74, 6) is -3.25. The number of aromatic nitrogens is 2. The van der Waals surface area contributed by atoms with Crippen molar-refractivity contribution in [2.24, 2.45) is 11.7 Å². The minimum atomic E-state index is -1.23. The van der Waals surface area contributed by atoms with Gasteiger partial charge in [0.2, 0.25) is 17.7 Å². The number of carbonyl (C=O) groups is 4. The lowest BCUT2D eigenvalue weighted by molar-refractivity contribution is -0.145. The summed E-state index contributed by atoms with van der Waals surface area (Å²) in [6, 6.07) is -4.21. The van der Waals surface area contributed by atoms with Crippen molar-refractivity contribution in [2.45, 2.75) is 70.3 Å². The molecule has 12 nitrogen and oxygen atoms in total. The number of nitrogens with zero attached hydrogens (tertiary/aromatic N) is 2. The molecule has 0 aromatic carbocycles. The second-order valence-corrected chi connectivity index (χ2v) is 8.37. The molecule has 5 unspecified atom stereocenters. The number of likely N-dealkylation sites (tertiary alicyclic amines) is 1. The van der Waals surface area contributed by atoms with Crippen LogP contribution in [0.3, 0.4) is 0 Å². The van der Waals surface area contributed by atoms with Crippen LogP contribution < -0.4 is 16.4 Å². The van der Waals surface area contributed by atoms with Gasteiger partial charge in [-0.3, -0.25) is 14.4 Å². The zero-order valence-corrected chi connectivity index (χ0v) is 18.4. The molecule has 0 aliphatic carbocycles. The van der Waals surface area contributed by atoms with E-state index in [0.29, 0.717) is 18.5 Å². The maximum Gasteiger partial charge on any atom is 0.326 e. The van der Waals surface area contributed by atoms with Gasteiger partial charge in [-0.1, -0.05) is 13.8 Å². The molecule has 1 aliphatic rings.